The highest BCUT2D eigenvalue weighted by Gasteiger charge is 2.31. The number of hydrogen-bond acceptors (Lipinski definition) is 4. The molecule has 0 unspecified atom stereocenters. The van der Waals surface area contributed by atoms with E-state index >= 15 is 0 Å². The molecule has 1 amide bonds. The summed E-state index contributed by atoms with van der Waals surface area (Å²) in [5.41, 5.74) is 1.51. The summed E-state index contributed by atoms with van der Waals surface area (Å²) >= 11 is 0. The molecule has 1 aliphatic heterocycles. The van der Waals surface area contributed by atoms with Crippen LogP contribution in [0.4, 0.5) is 13.2 Å². The van der Waals surface area contributed by atoms with Crippen molar-refractivity contribution in [3.63, 3.8) is 0 Å². The molecule has 0 radical (unpaired) electrons. The zero-order valence-electron chi connectivity index (χ0n) is 14.0. The molecule has 2 aromatic heterocycles. The van der Waals surface area contributed by atoms with E-state index in [-0.39, 0.29) is 12.5 Å². The largest absolute Gasteiger partial charge is 0.416 e. The van der Waals surface area contributed by atoms with Gasteiger partial charge in [0.1, 0.15) is 11.5 Å². The molecular weight excluding hydrogens is 359 g/mol. The van der Waals surface area contributed by atoms with Gasteiger partial charge in [0.2, 0.25) is 0 Å². The molecule has 0 saturated heterocycles. The van der Waals surface area contributed by atoms with Crippen LogP contribution in [0, 0.1) is 0 Å². The molecule has 0 saturated carbocycles. The normalized spacial score (nSPS) is 14.1. The summed E-state index contributed by atoms with van der Waals surface area (Å²) in [4.78, 5) is 18.2. The molecule has 0 aliphatic carbocycles. The first-order valence-electron chi connectivity index (χ1n) is 8.28. The number of amides is 1. The number of pyridine rings is 1. The molecule has 3 aromatic rings. The molecule has 0 bridgehead atoms. The van der Waals surface area contributed by atoms with E-state index in [1.54, 1.807) is 29.4 Å². The fourth-order valence-corrected chi connectivity index (χ4v) is 3.10. The van der Waals surface area contributed by atoms with E-state index in [1.165, 1.54) is 12.1 Å². The number of carbonyl (C=O) groups excluding carboxylic acids is 1. The zero-order valence-corrected chi connectivity index (χ0v) is 14.0. The van der Waals surface area contributed by atoms with Crippen LogP contribution in [0.3, 0.4) is 0 Å². The summed E-state index contributed by atoms with van der Waals surface area (Å²) in [6.07, 6.45) is -0.791. The summed E-state index contributed by atoms with van der Waals surface area (Å²) < 4.78 is 43.6. The third-order valence-electron chi connectivity index (χ3n) is 4.53. The Morgan fingerprint density at radius 3 is 2.44 bits per heavy atom. The zero-order chi connectivity index (χ0) is 19.0. The van der Waals surface area contributed by atoms with E-state index in [2.05, 4.69) is 10.1 Å². The molecule has 1 aliphatic rings. The van der Waals surface area contributed by atoms with E-state index < -0.39 is 11.7 Å². The lowest BCUT2D eigenvalue weighted by atomic mass is 10.00. The van der Waals surface area contributed by atoms with Crippen molar-refractivity contribution in [2.45, 2.75) is 19.1 Å². The summed E-state index contributed by atoms with van der Waals surface area (Å²) in [5.74, 6) is 0.520. The number of hydrogen-bond donors (Lipinski definition) is 0. The maximum Gasteiger partial charge on any atom is 0.416 e. The highest BCUT2D eigenvalue weighted by atomic mass is 19.4. The molecule has 138 valence electrons. The highest BCUT2D eigenvalue weighted by molar-refractivity contribution is 5.94. The van der Waals surface area contributed by atoms with Gasteiger partial charge in [0.05, 0.1) is 12.1 Å². The van der Waals surface area contributed by atoms with Gasteiger partial charge in [-0.15, -0.1) is 0 Å². The predicted octanol–water partition coefficient (Wildman–Crippen LogP) is 3.95. The van der Waals surface area contributed by atoms with Gasteiger partial charge in [0.25, 0.3) is 5.91 Å². The molecule has 27 heavy (non-hydrogen) atoms. The number of aromatic nitrogens is 2. The number of nitrogens with zero attached hydrogens (tertiary/aromatic N) is 3. The first-order valence-corrected chi connectivity index (χ1v) is 8.28. The van der Waals surface area contributed by atoms with Gasteiger partial charge in [-0.1, -0.05) is 17.3 Å². The van der Waals surface area contributed by atoms with Gasteiger partial charge in [0, 0.05) is 42.0 Å². The number of carbonyl (C=O) groups is 1. The average molecular weight is 373 g/mol. The SMILES string of the molecule is O=C(c1ccncc1)N1CCc2onc(-c3ccc(C(F)(F)F)cc3)c2C1. The van der Waals surface area contributed by atoms with Crippen molar-refractivity contribution in [2.75, 3.05) is 6.54 Å². The van der Waals surface area contributed by atoms with Crippen LogP contribution in [0.5, 0.6) is 0 Å². The lowest BCUT2D eigenvalue weighted by Crippen LogP contribution is -2.35. The smallest absolute Gasteiger partial charge is 0.360 e. The Bertz CT molecular complexity index is 966. The minimum absolute atomic E-state index is 0.136. The second kappa shape index (κ2) is 6.53. The summed E-state index contributed by atoms with van der Waals surface area (Å²) in [7, 11) is 0. The Balaban J connectivity index is 1.61. The van der Waals surface area contributed by atoms with Gasteiger partial charge in [-0.25, -0.2) is 0 Å². The van der Waals surface area contributed by atoms with E-state index in [1.807, 2.05) is 0 Å². The van der Waals surface area contributed by atoms with Crippen molar-refractivity contribution >= 4 is 5.91 Å². The van der Waals surface area contributed by atoms with Crippen LogP contribution >= 0.6 is 0 Å². The Morgan fingerprint density at radius 1 is 1.07 bits per heavy atom. The standard InChI is InChI=1S/C19H14F3N3O2/c20-19(21,22)14-3-1-12(2-4-14)17-15-11-25(10-7-16(15)27-24-17)18(26)13-5-8-23-9-6-13/h1-6,8-9H,7,10-11H2. The van der Waals surface area contributed by atoms with Gasteiger partial charge in [0.15, 0.2) is 0 Å². The number of benzene rings is 1. The number of alkyl halides is 3. The fraction of sp³-hybridized carbons (Fsp3) is 0.211. The maximum atomic E-state index is 12.8. The monoisotopic (exact) mass is 373 g/mol. The van der Waals surface area contributed by atoms with Crippen LogP contribution in [0.25, 0.3) is 11.3 Å². The van der Waals surface area contributed by atoms with Crippen LogP contribution in [-0.2, 0) is 19.1 Å². The molecule has 0 fully saturated rings. The number of halogens is 3. The van der Waals surface area contributed by atoms with Crippen LogP contribution < -0.4 is 0 Å². The Hall–Kier alpha value is -3.16. The molecule has 0 spiro atoms. The van der Waals surface area contributed by atoms with Gasteiger partial charge < -0.3 is 9.42 Å². The van der Waals surface area contributed by atoms with E-state index in [0.29, 0.717) is 35.5 Å². The second-order valence-electron chi connectivity index (χ2n) is 6.22. The average Bonchev–Trinajstić information content (AvgIpc) is 3.10. The third kappa shape index (κ3) is 3.30. The van der Waals surface area contributed by atoms with E-state index in [9.17, 15) is 18.0 Å². The van der Waals surface area contributed by atoms with Crippen LogP contribution in [0.2, 0.25) is 0 Å². The molecule has 4 rings (SSSR count). The summed E-state index contributed by atoms with van der Waals surface area (Å²) in [5, 5.41) is 4.02. The van der Waals surface area contributed by atoms with Crippen molar-refractivity contribution in [1.82, 2.24) is 15.0 Å². The molecule has 8 heteroatoms. The summed E-state index contributed by atoms with van der Waals surface area (Å²) in [6, 6.07) is 8.04. The molecule has 0 N–H and O–H groups in total. The molecule has 1 aromatic carbocycles. The van der Waals surface area contributed by atoms with Crippen molar-refractivity contribution in [3.05, 3.63) is 71.2 Å². The second-order valence-corrected chi connectivity index (χ2v) is 6.22. The summed E-state index contributed by atoms with van der Waals surface area (Å²) in [6.45, 7) is 0.770. The maximum absolute atomic E-state index is 12.8. The van der Waals surface area contributed by atoms with Crippen molar-refractivity contribution in [2.24, 2.45) is 0 Å². The lowest BCUT2D eigenvalue weighted by molar-refractivity contribution is -0.137. The minimum Gasteiger partial charge on any atom is -0.360 e. The minimum atomic E-state index is -4.39. The quantitative estimate of drug-likeness (QED) is 0.682. The van der Waals surface area contributed by atoms with E-state index in [4.69, 9.17) is 4.52 Å². The number of fused-ring (bicyclic) bond motifs is 1. The first kappa shape index (κ1) is 17.3. The van der Waals surface area contributed by atoms with E-state index in [0.717, 1.165) is 17.7 Å². The van der Waals surface area contributed by atoms with Gasteiger partial charge in [-0.2, -0.15) is 13.2 Å². The van der Waals surface area contributed by atoms with Crippen molar-refractivity contribution < 1.29 is 22.5 Å². The number of rotatable bonds is 2. The van der Waals surface area contributed by atoms with Crippen LogP contribution in [0.1, 0.15) is 27.2 Å². The Kier molecular flexibility index (Phi) is 4.18. The lowest BCUT2D eigenvalue weighted by Gasteiger charge is -2.26. The van der Waals surface area contributed by atoms with Gasteiger partial charge in [-0.3, -0.25) is 9.78 Å². The van der Waals surface area contributed by atoms with Crippen LogP contribution in [0.15, 0.2) is 53.3 Å². The molecular formula is C19H14F3N3O2. The van der Waals surface area contributed by atoms with Gasteiger partial charge >= 0.3 is 6.18 Å². The molecule has 5 nitrogen and oxygen atoms in total. The first-order chi connectivity index (χ1) is 12.9. The predicted molar refractivity (Wildman–Crippen MR) is 89.6 cm³/mol. The third-order valence-corrected chi connectivity index (χ3v) is 4.53. The topological polar surface area (TPSA) is 59.2 Å². The Morgan fingerprint density at radius 2 is 1.78 bits per heavy atom. The molecule has 0 atom stereocenters. The van der Waals surface area contributed by atoms with Crippen molar-refractivity contribution in [3.8, 4) is 11.3 Å². The van der Waals surface area contributed by atoms with Crippen LogP contribution in [-0.4, -0.2) is 27.5 Å². The van der Waals surface area contributed by atoms with Crippen molar-refractivity contribution in [1.29, 1.82) is 0 Å². The highest BCUT2D eigenvalue weighted by Crippen LogP contribution is 2.34. The molecule has 3 heterocycles. The van der Waals surface area contributed by atoms with Gasteiger partial charge in [-0.05, 0) is 24.3 Å². The fourth-order valence-electron chi connectivity index (χ4n) is 3.10. The Labute approximate surface area is 152 Å².